The number of rotatable bonds is 7. The van der Waals surface area contributed by atoms with E-state index in [1.54, 1.807) is 19.2 Å². The highest BCUT2D eigenvalue weighted by Crippen LogP contribution is 2.18. The van der Waals surface area contributed by atoms with Gasteiger partial charge in [-0.1, -0.05) is 30.0 Å². The van der Waals surface area contributed by atoms with Crippen LogP contribution in [0.25, 0.3) is 0 Å². The summed E-state index contributed by atoms with van der Waals surface area (Å²) in [5, 5.41) is 0.499. The van der Waals surface area contributed by atoms with Gasteiger partial charge in [-0.05, 0) is 30.3 Å². The van der Waals surface area contributed by atoms with Gasteiger partial charge in [0.05, 0.1) is 20.3 Å². The Bertz CT molecular complexity index is 647. The molecule has 2 rings (SSSR count). The van der Waals surface area contributed by atoms with E-state index in [9.17, 15) is 4.39 Å². The fourth-order valence-electron chi connectivity index (χ4n) is 1.88. The van der Waals surface area contributed by atoms with Crippen LogP contribution in [0.3, 0.4) is 0 Å². The molecule has 0 aromatic heterocycles. The summed E-state index contributed by atoms with van der Waals surface area (Å²) in [5.41, 5.74) is 6.87. The van der Waals surface area contributed by atoms with E-state index >= 15 is 0 Å². The van der Waals surface area contributed by atoms with Gasteiger partial charge < -0.3 is 15.2 Å². The molecule has 6 heteroatoms. The quantitative estimate of drug-likeness (QED) is 0.479. The van der Waals surface area contributed by atoms with E-state index in [0.717, 1.165) is 11.3 Å². The molecule has 4 nitrogen and oxygen atoms in total. The highest BCUT2D eigenvalue weighted by molar-refractivity contribution is 8.13. The van der Waals surface area contributed by atoms with Gasteiger partial charge in [0.25, 0.3) is 0 Å². The summed E-state index contributed by atoms with van der Waals surface area (Å²) >= 11 is 1.42. The Balaban J connectivity index is 1.73. The molecule has 0 saturated heterocycles. The van der Waals surface area contributed by atoms with Crippen LogP contribution in [-0.2, 0) is 6.54 Å². The summed E-state index contributed by atoms with van der Waals surface area (Å²) in [6.45, 7) is 0.947. The second-order valence-corrected chi connectivity index (χ2v) is 5.73. The van der Waals surface area contributed by atoms with Crippen molar-refractivity contribution < 1.29 is 13.9 Å². The van der Waals surface area contributed by atoms with Crippen LogP contribution in [-0.4, -0.2) is 24.6 Å². The summed E-state index contributed by atoms with van der Waals surface area (Å²) in [5.74, 6) is 1.82. The lowest BCUT2D eigenvalue weighted by Crippen LogP contribution is -2.11. The Morgan fingerprint density at radius 1 is 1.17 bits per heavy atom. The maximum atomic E-state index is 12.8. The molecule has 0 saturated carbocycles. The molecule has 0 aliphatic rings. The minimum absolute atomic E-state index is 0.278. The number of amidine groups is 1. The average Bonchev–Trinajstić information content (AvgIpc) is 2.58. The first-order chi connectivity index (χ1) is 11.2. The number of hydrogen-bond acceptors (Lipinski definition) is 4. The van der Waals surface area contributed by atoms with E-state index in [-0.39, 0.29) is 5.82 Å². The Morgan fingerprint density at radius 3 is 2.65 bits per heavy atom. The SMILES string of the molecule is COc1ccccc1CN=C(N)SCCOc1ccc(F)cc1. The molecule has 0 bridgehead atoms. The summed E-state index contributed by atoms with van der Waals surface area (Å²) in [4.78, 5) is 4.33. The van der Waals surface area contributed by atoms with Gasteiger partial charge in [-0.2, -0.15) is 0 Å². The molecule has 2 aromatic rings. The number of nitrogens with two attached hydrogens (primary N) is 1. The zero-order valence-corrected chi connectivity index (χ0v) is 13.7. The first-order valence-corrected chi connectivity index (χ1v) is 8.10. The Kier molecular flexibility index (Phi) is 6.75. The minimum Gasteiger partial charge on any atom is -0.496 e. The summed E-state index contributed by atoms with van der Waals surface area (Å²) in [7, 11) is 1.63. The number of aliphatic imine (C=N–C) groups is 1. The van der Waals surface area contributed by atoms with Crippen LogP contribution < -0.4 is 15.2 Å². The lowest BCUT2D eigenvalue weighted by Gasteiger charge is -2.07. The van der Waals surface area contributed by atoms with Crippen LogP contribution in [0.1, 0.15) is 5.56 Å². The molecule has 2 aromatic carbocycles. The van der Waals surface area contributed by atoms with Gasteiger partial charge in [0.2, 0.25) is 0 Å². The van der Waals surface area contributed by atoms with Crippen molar-refractivity contribution in [3.63, 3.8) is 0 Å². The summed E-state index contributed by atoms with van der Waals surface area (Å²) < 4.78 is 23.5. The van der Waals surface area contributed by atoms with Crippen LogP contribution in [0, 0.1) is 5.82 Å². The number of thioether (sulfide) groups is 1. The van der Waals surface area contributed by atoms with Gasteiger partial charge in [0.15, 0.2) is 5.17 Å². The zero-order chi connectivity index (χ0) is 16.5. The third-order valence-electron chi connectivity index (χ3n) is 3.01. The van der Waals surface area contributed by atoms with Crippen LogP contribution in [0.5, 0.6) is 11.5 Å². The molecule has 122 valence electrons. The van der Waals surface area contributed by atoms with Crippen LogP contribution in [0.2, 0.25) is 0 Å². The number of nitrogens with zero attached hydrogens (tertiary/aromatic N) is 1. The smallest absolute Gasteiger partial charge is 0.154 e. The molecule has 23 heavy (non-hydrogen) atoms. The van der Waals surface area contributed by atoms with Crippen molar-refractivity contribution in [2.24, 2.45) is 10.7 Å². The normalized spacial score (nSPS) is 11.3. The largest absolute Gasteiger partial charge is 0.496 e. The first-order valence-electron chi connectivity index (χ1n) is 7.12. The average molecular weight is 334 g/mol. The molecular formula is C17H19FN2O2S. The zero-order valence-electron chi connectivity index (χ0n) is 12.9. The van der Waals surface area contributed by atoms with Crippen molar-refractivity contribution in [3.05, 3.63) is 59.9 Å². The van der Waals surface area contributed by atoms with Gasteiger partial charge in [-0.3, -0.25) is 4.99 Å². The third-order valence-corrected chi connectivity index (χ3v) is 3.81. The van der Waals surface area contributed by atoms with Crippen molar-refractivity contribution >= 4 is 16.9 Å². The highest BCUT2D eigenvalue weighted by Gasteiger charge is 2.01. The fraction of sp³-hybridized carbons (Fsp3) is 0.235. The van der Waals surface area contributed by atoms with Crippen molar-refractivity contribution in [1.82, 2.24) is 0 Å². The molecular weight excluding hydrogens is 315 g/mol. The Labute approximate surface area is 139 Å². The number of methoxy groups -OCH3 is 1. The van der Waals surface area contributed by atoms with E-state index in [1.807, 2.05) is 24.3 Å². The predicted octanol–water partition coefficient (Wildman–Crippen LogP) is 3.46. The molecule has 0 aliphatic carbocycles. The molecule has 0 heterocycles. The van der Waals surface area contributed by atoms with E-state index in [1.165, 1.54) is 23.9 Å². The second kappa shape index (κ2) is 9.05. The van der Waals surface area contributed by atoms with E-state index in [4.69, 9.17) is 15.2 Å². The van der Waals surface area contributed by atoms with E-state index in [0.29, 0.717) is 29.8 Å². The molecule has 0 fully saturated rings. The standard InChI is InChI=1S/C17H19FN2O2S/c1-21-16-5-3-2-4-13(16)12-20-17(19)23-11-10-22-15-8-6-14(18)7-9-15/h2-9H,10-12H2,1H3,(H2,19,20). The number of ether oxygens (including phenoxy) is 2. The maximum absolute atomic E-state index is 12.8. The molecule has 0 aliphatic heterocycles. The first kappa shape index (κ1) is 17.1. The second-order valence-electron chi connectivity index (χ2n) is 4.62. The molecule has 0 spiro atoms. The van der Waals surface area contributed by atoms with Gasteiger partial charge in [0.1, 0.15) is 17.3 Å². The Hall–Kier alpha value is -2.21. The van der Waals surface area contributed by atoms with Gasteiger partial charge in [-0.25, -0.2) is 4.39 Å². The molecule has 0 radical (unpaired) electrons. The van der Waals surface area contributed by atoms with Gasteiger partial charge in [-0.15, -0.1) is 0 Å². The van der Waals surface area contributed by atoms with Gasteiger partial charge >= 0.3 is 0 Å². The maximum Gasteiger partial charge on any atom is 0.154 e. The van der Waals surface area contributed by atoms with Crippen molar-refractivity contribution in [2.75, 3.05) is 19.5 Å². The molecule has 0 atom stereocenters. The number of para-hydroxylation sites is 1. The van der Waals surface area contributed by atoms with Crippen LogP contribution in [0.4, 0.5) is 4.39 Å². The molecule has 0 unspecified atom stereocenters. The van der Waals surface area contributed by atoms with E-state index < -0.39 is 0 Å². The number of halogens is 1. The molecule has 0 amide bonds. The van der Waals surface area contributed by atoms with Crippen molar-refractivity contribution in [3.8, 4) is 11.5 Å². The number of benzene rings is 2. The topological polar surface area (TPSA) is 56.8 Å². The van der Waals surface area contributed by atoms with Crippen molar-refractivity contribution in [2.45, 2.75) is 6.54 Å². The van der Waals surface area contributed by atoms with Crippen LogP contribution >= 0.6 is 11.8 Å². The predicted molar refractivity (Wildman–Crippen MR) is 92.7 cm³/mol. The lowest BCUT2D eigenvalue weighted by molar-refractivity contribution is 0.343. The van der Waals surface area contributed by atoms with Crippen LogP contribution in [0.15, 0.2) is 53.5 Å². The highest BCUT2D eigenvalue weighted by atomic mass is 32.2. The minimum atomic E-state index is -0.278. The summed E-state index contributed by atoms with van der Waals surface area (Å²) in [6.07, 6.45) is 0. The van der Waals surface area contributed by atoms with E-state index in [2.05, 4.69) is 4.99 Å². The van der Waals surface area contributed by atoms with Crippen molar-refractivity contribution in [1.29, 1.82) is 0 Å². The third kappa shape index (κ3) is 5.83. The lowest BCUT2D eigenvalue weighted by atomic mass is 10.2. The Morgan fingerprint density at radius 2 is 1.91 bits per heavy atom. The molecule has 2 N–H and O–H groups in total. The number of hydrogen-bond donors (Lipinski definition) is 1. The van der Waals surface area contributed by atoms with Gasteiger partial charge in [0, 0.05) is 11.3 Å². The monoisotopic (exact) mass is 334 g/mol. The summed E-state index contributed by atoms with van der Waals surface area (Å²) in [6, 6.07) is 13.6. The fourth-order valence-corrected chi connectivity index (χ4v) is 2.41.